The van der Waals surface area contributed by atoms with Crippen molar-refractivity contribution < 1.29 is 8.81 Å². The number of halogens is 2. The van der Waals surface area contributed by atoms with Gasteiger partial charge in [0.05, 0.1) is 27.8 Å². The van der Waals surface area contributed by atoms with Gasteiger partial charge in [0, 0.05) is 31.0 Å². The monoisotopic (exact) mass is 525 g/mol. The first kappa shape index (κ1) is 24.1. The first-order valence-electron chi connectivity index (χ1n) is 12.9. The average Bonchev–Trinajstić information content (AvgIpc) is 3.63. The summed E-state index contributed by atoms with van der Waals surface area (Å²) in [4.78, 5) is 28.0. The highest BCUT2D eigenvalue weighted by molar-refractivity contribution is 6.30. The minimum Gasteiger partial charge on any atom is -0.386 e. The molecule has 6 rings (SSSR count). The highest BCUT2D eigenvalue weighted by atomic mass is 35.5. The number of rotatable bonds is 6. The van der Waals surface area contributed by atoms with Gasteiger partial charge in [0.25, 0.3) is 5.89 Å². The molecule has 0 aromatic carbocycles. The minimum absolute atomic E-state index is 0.0725. The molecule has 0 bridgehead atoms. The summed E-state index contributed by atoms with van der Waals surface area (Å²) in [5.41, 5.74) is 3.21. The van der Waals surface area contributed by atoms with Crippen molar-refractivity contribution in [3.8, 4) is 22.8 Å². The molecular formula is C26H29ClFN7O2. The second-order valence-corrected chi connectivity index (χ2v) is 10.8. The summed E-state index contributed by atoms with van der Waals surface area (Å²) in [6.07, 6.45) is 9.69. The third-order valence-corrected chi connectivity index (χ3v) is 7.93. The van der Waals surface area contributed by atoms with Crippen molar-refractivity contribution in [2.24, 2.45) is 11.8 Å². The van der Waals surface area contributed by atoms with Crippen molar-refractivity contribution in [1.82, 2.24) is 29.7 Å². The third-order valence-electron chi connectivity index (χ3n) is 7.73. The summed E-state index contributed by atoms with van der Waals surface area (Å²) in [5.74, 6) is 1.40. The molecule has 9 nitrogen and oxygen atoms in total. The molecular weight excluding hydrogens is 497 g/mol. The Hall–Kier alpha value is -3.27. The van der Waals surface area contributed by atoms with E-state index in [9.17, 15) is 9.18 Å². The Labute approximate surface area is 218 Å². The number of pyridine rings is 2. The van der Waals surface area contributed by atoms with Gasteiger partial charge in [-0.15, -0.1) is 5.10 Å². The summed E-state index contributed by atoms with van der Waals surface area (Å²) in [6.45, 7) is 3.42. The molecule has 1 aliphatic heterocycles. The zero-order chi connectivity index (χ0) is 25.5. The number of aromatic amines is 1. The molecule has 0 unspecified atom stereocenters. The van der Waals surface area contributed by atoms with Gasteiger partial charge in [0.1, 0.15) is 12.4 Å². The number of hydrogen-bond acceptors (Lipinski definition) is 7. The van der Waals surface area contributed by atoms with Gasteiger partial charge in [-0.1, -0.05) is 31.4 Å². The normalized spacial score (nSPS) is 22.2. The van der Waals surface area contributed by atoms with Crippen molar-refractivity contribution in [2.45, 2.75) is 58.0 Å². The molecule has 194 valence electrons. The molecule has 5 heterocycles. The predicted molar refractivity (Wildman–Crippen MR) is 139 cm³/mol. The van der Waals surface area contributed by atoms with Crippen LogP contribution in [0, 0.1) is 11.8 Å². The summed E-state index contributed by atoms with van der Waals surface area (Å²) in [5, 5.41) is 6.75. The van der Waals surface area contributed by atoms with Crippen LogP contribution < -0.4 is 10.7 Å². The molecule has 1 saturated carbocycles. The third kappa shape index (κ3) is 4.63. The Morgan fingerprint density at radius 2 is 2.00 bits per heavy atom. The van der Waals surface area contributed by atoms with E-state index in [-0.39, 0.29) is 11.9 Å². The van der Waals surface area contributed by atoms with Crippen molar-refractivity contribution >= 4 is 28.6 Å². The molecule has 0 spiro atoms. The Balaban J connectivity index is 1.58. The molecule has 4 aromatic heterocycles. The van der Waals surface area contributed by atoms with Crippen LogP contribution in [0.15, 0.2) is 33.7 Å². The lowest BCUT2D eigenvalue weighted by Gasteiger charge is -2.29. The van der Waals surface area contributed by atoms with E-state index >= 15 is 0 Å². The summed E-state index contributed by atoms with van der Waals surface area (Å²) in [7, 11) is 0. The molecule has 4 aromatic rings. The fourth-order valence-electron chi connectivity index (χ4n) is 5.76. The molecule has 0 radical (unpaired) electrons. The van der Waals surface area contributed by atoms with Gasteiger partial charge < -0.3 is 13.9 Å². The van der Waals surface area contributed by atoms with Crippen LogP contribution in [0.2, 0.25) is 5.02 Å². The maximum Gasteiger partial charge on any atom is 0.434 e. The van der Waals surface area contributed by atoms with E-state index in [1.807, 2.05) is 0 Å². The Bertz CT molecular complexity index is 1470. The topological polar surface area (TPSA) is 106 Å². The second-order valence-electron chi connectivity index (χ2n) is 10.3. The van der Waals surface area contributed by atoms with Crippen molar-refractivity contribution in [1.29, 1.82) is 0 Å². The number of H-pyrrole nitrogens is 1. The van der Waals surface area contributed by atoms with Crippen LogP contribution in [-0.2, 0) is 6.54 Å². The molecule has 2 fully saturated rings. The molecule has 1 aliphatic carbocycles. The van der Waals surface area contributed by atoms with E-state index in [2.05, 4.69) is 31.6 Å². The van der Waals surface area contributed by atoms with E-state index < -0.39 is 12.4 Å². The molecule has 1 N–H and O–H groups in total. The fourth-order valence-corrected chi connectivity index (χ4v) is 5.93. The summed E-state index contributed by atoms with van der Waals surface area (Å²) in [6, 6.07) is 3.38. The Kier molecular flexibility index (Phi) is 6.44. The van der Waals surface area contributed by atoms with Crippen LogP contribution in [-0.4, -0.2) is 49.0 Å². The zero-order valence-corrected chi connectivity index (χ0v) is 21.4. The highest BCUT2D eigenvalue weighted by Gasteiger charge is 2.32. The quantitative estimate of drug-likeness (QED) is 0.366. The van der Waals surface area contributed by atoms with Crippen LogP contribution in [0.3, 0.4) is 0 Å². The number of imidazole rings is 1. The van der Waals surface area contributed by atoms with Gasteiger partial charge in [-0.2, -0.15) is 0 Å². The fraction of sp³-hybridized carbons (Fsp3) is 0.500. The van der Waals surface area contributed by atoms with Crippen LogP contribution in [0.25, 0.3) is 33.9 Å². The smallest absolute Gasteiger partial charge is 0.386 e. The van der Waals surface area contributed by atoms with Gasteiger partial charge in [0.2, 0.25) is 5.95 Å². The van der Waals surface area contributed by atoms with E-state index in [0.717, 1.165) is 56.2 Å². The largest absolute Gasteiger partial charge is 0.434 e. The van der Waals surface area contributed by atoms with E-state index in [1.54, 1.807) is 24.5 Å². The lowest BCUT2D eigenvalue weighted by atomic mass is 9.83. The molecule has 11 heteroatoms. The average molecular weight is 526 g/mol. The lowest BCUT2D eigenvalue weighted by molar-refractivity contribution is 0.266. The van der Waals surface area contributed by atoms with E-state index in [0.29, 0.717) is 33.4 Å². The number of hydrogen-bond donors (Lipinski definition) is 1. The number of anilines is 1. The standard InChI is InChI=1S/C26H29ClFN7O2/c1-15-4-6-16(7-5-15)14-35-23-20(31-25(35)34-8-2-3-19(34)11-28)10-21(24-32-33-26(36)37-24)30-22(23)17-9-18(27)13-29-12-17/h9-10,12-13,15-16,19H,2-8,11,14H2,1H3,(H,33,36)/t15?,16?,19-/m0/s1. The van der Waals surface area contributed by atoms with Crippen molar-refractivity contribution in [2.75, 3.05) is 18.1 Å². The van der Waals surface area contributed by atoms with Crippen molar-refractivity contribution in [3.63, 3.8) is 0 Å². The van der Waals surface area contributed by atoms with Crippen LogP contribution in [0.5, 0.6) is 0 Å². The number of nitrogens with zero attached hydrogens (tertiary/aromatic N) is 6. The Morgan fingerprint density at radius 1 is 1.16 bits per heavy atom. The predicted octanol–water partition coefficient (Wildman–Crippen LogP) is 5.25. The van der Waals surface area contributed by atoms with Gasteiger partial charge in [-0.3, -0.25) is 4.98 Å². The van der Waals surface area contributed by atoms with Gasteiger partial charge >= 0.3 is 5.76 Å². The second kappa shape index (κ2) is 9.89. The zero-order valence-electron chi connectivity index (χ0n) is 20.7. The molecule has 1 atom stereocenters. The number of nitrogens with one attached hydrogen (secondary N) is 1. The highest BCUT2D eigenvalue weighted by Crippen LogP contribution is 2.38. The van der Waals surface area contributed by atoms with E-state index in [4.69, 9.17) is 26.0 Å². The number of fused-ring (bicyclic) bond motifs is 1. The molecule has 37 heavy (non-hydrogen) atoms. The lowest BCUT2D eigenvalue weighted by Crippen LogP contribution is -2.33. The minimum atomic E-state index is -0.663. The molecule has 2 aliphatic rings. The molecule has 0 amide bonds. The first-order valence-corrected chi connectivity index (χ1v) is 13.3. The van der Waals surface area contributed by atoms with Gasteiger partial charge in [-0.05, 0) is 49.7 Å². The Morgan fingerprint density at radius 3 is 2.73 bits per heavy atom. The molecule has 1 saturated heterocycles. The van der Waals surface area contributed by atoms with Gasteiger partial charge in [-0.25, -0.2) is 24.3 Å². The maximum atomic E-state index is 14.0. The van der Waals surface area contributed by atoms with Gasteiger partial charge in [0.15, 0.2) is 0 Å². The van der Waals surface area contributed by atoms with E-state index in [1.165, 1.54) is 12.8 Å². The van der Waals surface area contributed by atoms with Crippen LogP contribution >= 0.6 is 11.6 Å². The maximum absolute atomic E-state index is 14.0. The van der Waals surface area contributed by atoms with Crippen LogP contribution in [0.4, 0.5) is 10.3 Å². The SMILES string of the molecule is CC1CCC(Cn2c(N3CCC[C@H]3CF)nc3cc(-c4n[nH]c(=O)o4)nc(-c4cncc(Cl)c4)c32)CC1. The first-order chi connectivity index (χ1) is 18.0. The number of alkyl halides is 1. The van der Waals surface area contributed by atoms with Crippen molar-refractivity contribution in [3.05, 3.63) is 40.1 Å². The summed E-state index contributed by atoms with van der Waals surface area (Å²) >= 11 is 6.32. The van der Waals surface area contributed by atoms with Crippen LogP contribution in [0.1, 0.15) is 45.4 Å². The number of aromatic nitrogens is 6. The summed E-state index contributed by atoms with van der Waals surface area (Å²) < 4.78 is 21.5.